The normalized spacial score (nSPS) is 9.48. The number of hydrogen-bond donors (Lipinski definition) is 0. The van der Waals surface area contributed by atoms with Crippen LogP contribution in [0.3, 0.4) is 0 Å². The molecule has 0 saturated carbocycles. The molecule has 0 atom stereocenters. The van der Waals surface area contributed by atoms with E-state index in [-0.39, 0.29) is 35.1 Å². The van der Waals surface area contributed by atoms with Crippen molar-refractivity contribution in [3.05, 3.63) is 0 Å². The molecule has 0 aliphatic carbocycles. The fourth-order valence-electron chi connectivity index (χ4n) is 1.87. The van der Waals surface area contributed by atoms with Gasteiger partial charge in [-0.2, -0.15) is 0 Å². The van der Waals surface area contributed by atoms with Crippen LogP contribution in [0.4, 0.5) is 0 Å². The molecule has 0 spiro atoms. The van der Waals surface area contributed by atoms with E-state index in [4.69, 9.17) is 0 Å². The molecule has 0 aliphatic rings. The van der Waals surface area contributed by atoms with E-state index in [0.717, 1.165) is 0 Å². The van der Waals surface area contributed by atoms with Crippen molar-refractivity contribution in [3.63, 3.8) is 0 Å². The van der Waals surface area contributed by atoms with Crippen molar-refractivity contribution in [3.8, 4) is 0 Å². The van der Waals surface area contributed by atoms with Crippen LogP contribution in [0.25, 0.3) is 0 Å². The van der Waals surface area contributed by atoms with Gasteiger partial charge in [-0.3, -0.25) is 0 Å². The number of rotatable bonds is 9. The van der Waals surface area contributed by atoms with Crippen LogP contribution >= 0.6 is 0 Å². The summed E-state index contributed by atoms with van der Waals surface area (Å²) in [7, 11) is 0. The van der Waals surface area contributed by atoms with E-state index < -0.39 is 17.9 Å². The minimum atomic E-state index is -0.921. The van der Waals surface area contributed by atoms with Gasteiger partial charge in [0.1, 0.15) is 0 Å². The van der Waals surface area contributed by atoms with Gasteiger partial charge in [-0.1, -0.05) is 41.5 Å². The Morgan fingerprint density at radius 1 is 0.520 bits per heavy atom. The fourth-order valence-corrected chi connectivity index (χ4v) is 1.87. The molecule has 0 amide bonds. The molecule has 0 aromatic carbocycles. The average Bonchev–Trinajstić information content (AvgIpc) is 2.51. The Bertz CT molecular complexity index is 282. The summed E-state index contributed by atoms with van der Waals surface area (Å²) in [6.07, 6.45) is 4.08. The predicted octanol–water partition coefficient (Wildman–Crippen LogP) is 0.515. The van der Waals surface area contributed by atoms with E-state index in [9.17, 15) is 29.7 Å². The maximum absolute atomic E-state index is 10.1. The van der Waals surface area contributed by atoms with Gasteiger partial charge in [0.2, 0.25) is 0 Å². The first kappa shape index (κ1) is 31.7. The van der Waals surface area contributed by atoms with Gasteiger partial charge < -0.3 is 29.7 Å². The smallest absolute Gasteiger partial charge is 0.550 e. The quantitative estimate of drug-likeness (QED) is 0.559. The van der Waals surface area contributed by atoms with Crippen molar-refractivity contribution < 1.29 is 47.1 Å². The summed E-state index contributed by atoms with van der Waals surface area (Å²) in [5.74, 6) is -3.49. The number of carboxylic acids is 3. The molecule has 0 unspecified atom stereocenters. The van der Waals surface area contributed by atoms with Gasteiger partial charge in [0.25, 0.3) is 0 Å². The molecule has 7 heteroatoms. The second-order valence-corrected chi connectivity index (χ2v) is 5.50. The van der Waals surface area contributed by atoms with Crippen LogP contribution in [0.2, 0.25) is 0 Å². The number of aliphatic carboxylic acids is 3. The minimum Gasteiger partial charge on any atom is -0.550 e. The molecule has 25 heavy (non-hydrogen) atoms. The van der Waals surface area contributed by atoms with Gasteiger partial charge in [0, 0.05) is 17.9 Å². The Morgan fingerprint density at radius 3 is 0.640 bits per heavy atom. The molecule has 0 aromatic heterocycles. The summed E-state index contributed by atoms with van der Waals surface area (Å²) in [6, 6.07) is 0. The average molecular weight is 397 g/mol. The molecule has 0 aromatic rings. The van der Waals surface area contributed by atoms with E-state index in [0.29, 0.717) is 38.5 Å². The zero-order chi connectivity index (χ0) is 19.7. The van der Waals surface area contributed by atoms with E-state index >= 15 is 0 Å². The Morgan fingerprint density at radius 2 is 0.640 bits per heavy atom. The molecule has 147 valence electrons. The first-order chi connectivity index (χ1) is 11.2. The number of carboxylic acid groups (broad SMARTS) is 3. The van der Waals surface area contributed by atoms with Crippen molar-refractivity contribution in [2.75, 3.05) is 0 Å². The third-order valence-electron chi connectivity index (χ3n) is 3.96. The second kappa shape index (κ2) is 21.0. The van der Waals surface area contributed by atoms with Gasteiger partial charge in [-0.15, -0.1) is 0 Å². The second-order valence-electron chi connectivity index (χ2n) is 5.50. The summed E-state index contributed by atoms with van der Waals surface area (Å²) in [6.45, 7) is 11.1. The van der Waals surface area contributed by atoms with Crippen molar-refractivity contribution in [1.29, 1.82) is 0 Å². The monoisotopic (exact) mass is 397 g/mol. The van der Waals surface area contributed by atoms with Crippen LogP contribution < -0.4 is 15.3 Å². The van der Waals surface area contributed by atoms with Crippen molar-refractivity contribution in [2.24, 2.45) is 17.8 Å². The van der Waals surface area contributed by atoms with Crippen molar-refractivity contribution >= 4 is 17.9 Å². The Kier molecular flexibility index (Phi) is 26.6. The van der Waals surface area contributed by atoms with Gasteiger partial charge in [0.05, 0.1) is 0 Å². The van der Waals surface area contributed by atoms with Gasteiger partial charge >= 0.3 is 17.4 Å². The van der Waals surface area contributed by atoms with Gasteiger partial charge in [0.15, 0.2) is 0 Å². The summed E-state index contributed by atoms with van der Waals surface area (Å²) in [5.41, 5.74) is 0. The standard InChI is InChI=1S/3C6H12O2.Cr/c3*1-3-5(4-2)6(7)8;/h3*5H,3-4H2,1-2H3,(H,7,8);/q;;;+3/p-3. The molecule has 6 nitrogen and oxygen atoms in total. The minimum absolute atomic E-state index is 0. The van der Waals surface area contributed by atoms with Crippen LogP contribution in [0.1, 0.15) is 80.1 Å². The van der Waals surface area contributed by atoms with Crippen molar-refractivity contribution in [1.82, 2.24) is 0 Å². The number of hydrogen-bond acceptors (Lipinski definition) is 6. The van der Waals surface area contributed by atoms with E-state index in [1.165, 1.54) is 0 Å². The largest absolute Gasteiger partial charge is 3.00 e. The molecule has 0 fully saturated rings. The molecule has 0 aliphatic heterocycles. The summed E-state index contributed by atoms with van der Waals surface area (Å²) in [5, 5.41) is 30.2. The summed E-state index contributed by atoms with van der Waals surface area (Å²) in [4.78, 5) is 30.2. The van der Waals surface area contributed by atoms with Crippen LogP contribution in [-0.2, 0) is 31.7 Å². The van der Waals surface area contributed by atoms with E-state index in [2.05, 4.69) is 0 Å². The van der Waals surface area contributed by atoms with E-state index in [1.54, 1.807) is 0 Å². The Balaban J connectivity index is -0.000000130. The zero-order valence-corrected chi connectivity index (χ0v) is 17.6. The SMILES string of the molecule is CCC(CC)C(=O)[O-].CCC(CC)C(=O)[O-].CCC(CC)C(=O)[O-].[Cr+3]. The first-order valence-corrected chi connectivity index (χ1v) is 8.78. The van der Waals surface area contributed by atoms with E-state index in [1.807, 2.05) is 41.5 Å². The fraction of sp³-hybridized carbons (Fsp3) is 0.833. The molecular formula is C18H33CrO6. The maximum Gasteiger partial charge on any atom is 3.00 e. The van der Waals surface area contributed by atoms with Crippen LogP contribution in [0, 0.1) is 17.8 Å². The maximum atomic E-state index is 10.1. The Hall–Kier alpha value is -1.06. The topological polar surface area (TPSA) is 120 Å². The summed E-state index contributed by atoms with van der Waals surface area (Å²) < 4.78 is 0. The third-order valence-corrected chi connectivity index (χ3v) is 3.96. The third kappa shape index (κ3) is 19.1. The predicted molar refractivity (Wildman–Crippen MR) is 87.2 cm³/mol. The molecule has 0 rings (SSSR count). The van der Waals surface area contributed by atoms with Crippen molar-refractivity contribution in [2.45, 2.75) is 80.1 Å². The molecule has 0 N–H and O–H groups in total. The summed E-state index contributed by atoms with van der Waals surface area (Å²) >= 11 is 0. The van der Waals surface area contributed by atoms with Crippen LogP contribution in [0.5, 0.6) is 0 Å². The first-order valence-electron chi connectivity index (χ1n) is 8.78. The number of carbonyl (C=O) groups excluding carboxylic acids is 3. The molecule has 0 bridgehead atoms. The molecular weight excluding hydrogens is 364 g/mol. The molecule has 0 heterocycles. The number of carbonyl (C=O) groups is 3. The Labute approximate surface area is 163 Å². The molecule has 0 saturated heterocycles. The molecule has 1 radical (unpaired) electrons. The van der Waals surface area contributed by atoms with Crippen LogP contribution in [-0.4, -0.2) is 17.9 Å². The van der Waals surface area contributed by atoms with Crippen LogP contribution in [0.15, 0.2) is 0 Å². The van der Waals surface area contributed by atoms with Gasteiger partial charge in [-0.25, -0.2) is 0 Å². The zero-order valence-electron chi connectivity index (χ0n) is 16.3. The van der Waals surface area contributed by atoms with Gasteiger partial charge in [-0.05, 0) is 56.3 Å².